The summed E-state index contributed by atoms with van der Waals surface area (Å²) in [6.45, 7) is 1.34. The van der Waals surface area contributed by atoms with Crippen LogP contribution in [0.25, 0.3) is 16.8 Å². The molecule has 1 aliphatic carbocycles. The summed E-state index contributed by atoms with van der Waals surface area (Å²) >= 11 is 1.18. The number of carbonyl (C=O) groups excluding carboxylic acids is 1. The Hall–Kier alpha value is -4.16. The Morgan fingerprint density at radius 3 is 2.65 bits per heavy atom. The number of fused-ring (bicyclic) bond motifs is 1. The molecule has 7 rings (SSSR count). The number of nitrogens with zero attached hydrogens (tertiary/aromatic N) is 6. The molecule has 1 aliphatic heterocycles. The maximum absolute atomic E-state index is 14.5. The lowest BCUT2D eigenvalue weighted by atomic mass is 9.88. The lowest BCUT2D eigenvalue weighted by molar-refractivity contribution is 0.0667. The number of nitrogens with two attached hydrogens (primary N) is 1. The first-order valence-electron chi connectivity index (χ1n) is 13.3. The third-order valence-corrected chi connectivity index (χ3v) is 8.77. The minimum atomic E-state index is -1.15. The third kappa shape index (κ3) is 4.06. The fourth-order valence-corrected chi connectivity index (χ4v) is 6.71. The number of aromatic nitrogens is 6. The monoisotopic (exact) mass is 558 g/mol. The molecule has 1 unspecified atom stereocenters. The number of thiazole rings is 1. The van der Waals surface area contributed by atoms with Crippen LogP contribution in [0.3, 0.4) is 0 Å². The van der Waals surface area contributed by atoms with Crippen molar-refractivity contribution < 1.29 is 13.9 Å². The second-order valence-electron chi connectivity index (χ2n) is 10.2. The van der Waals surface area contributed by atoms with Gasteiger partial charge in [-0.3, -0.25) is 9.48 Å². The van der Waals surface area contributed by atoms with Gasteiger partial charge >= 0.3 is 0 Å². The van der Waals surface area contributed by atoms with Crippen LogP contribution in [0.4, 0.5) is 10.2 Å². The van der Waals surface area contributed by atoms with Crippen molar-refractivity contribution in [1.82, 2.24) is 34.7 Å². The van der Waals surface area contributed by atoms with Crippen molar-refractivity contribution in [3.8, 4) is 11.3 Å². The normalized spacial score (nSPS) is 17.6. The first kappa shape index (κ1) is 24.9. The second-order valence-corrected chi connectivity index (χ2v) is 11.1. The maximum atomic E-state index is 14.5. The quantitative estimate of drug-likeness (QED) is 0.307. The zero-order valence-electron chi connectivity index (χ0n) is 21.5. The summed E-state index contributed by atoms with van der Waals surface area (Å²) in [7, 11) is 0. The van der Waals surface area contributed by atoms with E-state index < -0.39 is 11.5 Å². The molecular weight excluding hydrogens is 531 g/mol. The molecule has 1 atom stereocenters. The van der Waals surface area contributed by atoms with Gasteiger partial charge in [0.1, 0.15) is 22.4 Å². The van der Waals surface area contributed by atoms with E-state index in [4.69, 9.17) is 10.5 Å². The maximum Gasteiger partial charge on any atom is 0.252 e. The van der Waals surface area contributed by atoms with Gasteiger partial charge in [-0.25, -0.2) is 14.5 Å². The molecule has 10 nitrogen and oxygen atoms in total. The molecular formula is C28H27FN8O2S. The Morgan fingerprint density at radius 2 is 1.93 bits per heavy atom. The molecule has 1 saturated carbocycles. The number of halogens is 1. The lowest BCUT2D eigenvalue weighted by Gasteiger charge is -2.33. The number of hydrogen-bond donors (Lipinski definition) is 2. The highest BCUT2D eigenvalue weighted by atomic mass is 32.1. The molecule has 4 aromatic heterocycles. The van der Waals surface area contributed by atoms with Gasteiger partial charge in [0, 0.05) is 35.9 Å². The van der Waals surface area contributed by atoms with E-state index in [2.05, 4.69) is 25.5 Å². The largest absolute Gasteiger partial charge is 0.382 e. The van der Waals surface area contributed by atoms with Gasteiger partial charge in [-0.15, -0.1) is 11.3 Å². The second kappa shape index (κ2) is 9.79. The Bertz CT molecular complexity index is 1690. The van der Waals surface area contributed by atoms with Crippen molar-refractivity contribution in [3.63, 3.8) is 0 Å². The molecule has 40 heavy (non-hydrogen) atoms. The fraction of sp³-hybridized carbons (Fsp3) is 0.321. The van der Waals surface area contributed by atoms with E-state index in [0.29, 0.717) is 40.8 Å². The van der Waals surface area contributed by atoms with Gasteiger partial charge in [-0.05, 0) is 55.9 Å². The molecule has 2 fully saturated rings. The molecule has 0 bridgehead atoms. The van der Waals surface area contributed by atoms with Gasteiger partial charge < -0.3 is 15.8 Å². The topological polar surface area (TPSA) is 125 Å². The minimum Gasteiger partial charge on any atom is -0.382 e. The van der Waals surface area contributed by atoms with E-state index in [9.17, 15) is 9.18 Å². The van der Waals surface area contributed by atoms with Crippen LogP contribution >= 0.6 is 11.3 Å². The number of nitrogens with one attached hydrogen (secondary N) is 1. The van der Waals surface area contributed by atoms with E-state index in [0.717, 1.165) is 36.9 Å². The fourth-order valence-electron chi connectivity index (χ4n) is 5.80. The van der Waals surface area contributed by atoms with E-state index in [1.165, 1.54) is 23.0 Å². The first-order valence-corrected chi connectivity index (χ1v) is 14.2. The van der Waals surface area contributed by atoms with Crippen LogP contribution in [0.15, 0.2) is 60.4 Å². The van der Waals surface area contributed by atoms with E-state index in [-0.39, 0.29) is 17.9 Å². The molecule has 5 heterocycles. The van der Waals surface area contributed by atoms with Gasteiger partial charge in [-0.2, -0.15) is 14.6 Å². The van der Waals surface area contributed by atoms with Gasteiger partial charge in [0.15, 0.2) is 5.82 Å². The van der Waals surface area contributed by atoms with Crippen molar-refractivity contribution in [2.75, 3.05) is 18.9 Å². The van der Waals surface area contributed by atoms with E-state index in [1.54, 1.807) is 22.8 Å². The van der Waals surface area contributed by atoms with E-state index >= 15 is 0 Å². The predicted octanol–water partition coefficient (Wildman–Crippen LogP) is 4.21. The van der Waals surface area contributed by atoms with Gasteiger partial charge in [0.05, 0.1) is 17.4 Å². The van der Waals surface area contributed by atoms with E-state index in [1.807, 2.05) is 35.0 Å². The number of amides is 1. The average molecular weight is 559 g/mol. The van der Waals surface area contributed by atoms with Crippen LogP contribution in [0, 0.1) is 11.9 Å². The molecule has 2 aliphatic rings. The van der Waals surface area contributed by atoms with Crippen molar-refractivity contribution in [1.29, 1.82) is 0 Å². The highest BCUT2D eigenvalue weighted by Gasteiger charge is 2.53. The SMILES string of the molecule is Nc1ncnn2c(C(NC(=O)c3ccccc3)(c3nc(F)cs3)C3CC3)cc(-c3ccnn3C3CCOCC3)c12. The molecule has 1 amide bonds. The number of anilines is 1. The summed E-state index contributed by atoms with van der Waals surface area (Å²) in [6.07, 6.45) is 6.52. The Balaban J connectivity index is 1.46. The van der Waals surface area contributed by atoms with Crippen LogP contribution in [0.2, 0.25) is 0 Å². The van der Waals surface area contributed by atoms with Crippen molar-refractivity contribution in [2.45, 2.75) is 37.3 Å². The molecule has 0 radical (unpaired) electrons. The summed E-state index contributed by atoms with van der Waals surface area (Å²) < 4.78 is 23.8. The molecule has 1 aromatic carbocycles. The third-order valence-electron chi connectivity index (χ3n) is 7.82. The number of rotatable bonds is 7. The van der Waals surface area contributed by atoms with Crippen LogP contribution in [-0.4, -0.2) is 48.5 Å². The van der Waals surface area contributed by atoms with Crippen LogP contribution in [-0.2, 0) is 10.3 Å². The molecule has 3 N–H and O–H groups in total. The Labute approximate surface area is 233 Å². The predicted molar refractivity (Wildman–Crippen MR) is 147 cm³/mol. The van der Waals surface area contributed by atoms with Crippen LogP contribution in [0.1, 0.15) is 52.8 Å². The molecule has 0 spiro atoms. The summed E-state index contributed by atoms with van der Waals surface area (Å²) in [5, 5.41) is 14.4. The molecule has 12 heteroatoms. The zero-order chi connectivity index (χ0) is 27.3. The Morgan fingerprint density at radius 1 is 1.12 bits per heavy atom. The van der Waals surface area contributed by atoms with Crippen molar-refractivity contribution in [2.24, 2.45) is 5.92 Å². The standard InChI is InChI=1S/C28H27FN8O2S/c29-23-15-40-27(34-23)28(18-6-7-18,35-26(38)17-4-2-1-3-5-17)22-14-20(24-25(30)31-16-33-37(22)24)21-8-11-32-36(21)19-9-12-39-13-10-19/h1-5,8,11,14-16,18-19H,6-7,9-10,12-13H2,(H,35,38)(H2,30,31,33). The Kier molecular flexibility index (Phi) is 6.08. The van der Waals surface area contributed by atoms with Gasteiger partial charge in [0.25, 0.3) is 5.91 Å². The zero-order valence-corrected chi connectivity index (χ0v) is 22.4. The van der Waals surface area contributed by atoms with Crippen LogP contribution < -0.4 is 11.1 Å². The van der Waals surface area contributed by atoms with Crippen molar-refractivity contribution >= 4 is 28.6 Å². The minimum absolute atomic E-state index is 0.0201. The van der Waals surface area contributed by atoms with Crippen LogP contribution in [0.5, 0.6) is 0 Å². The first-order chi connectivity index (χ1) is 19.6. The van der Waals surface area contributed by atoms with Gasteiger partial charge in [-0.1, -0.05) is 18.2 Å². The average Bonchev–Trinajstić information content (AvgIpc) is 3.37. The highest BCUT2D eigenvalue weighted by Crippen LogP contribution is 2.52. The number of nitrogen functional groups attached to an aromatic ring is 1. The summed E-state index contributed by atoms with van der Waals surface area (Å²) in [4.78, 5) is 22.3. The number of carbonyl (C=O) groups is 1. The smallest absolute Gasteiger partial charge is 0.252 e. The summed E-state index contributed by atoms with van der Waals surface area (Å²) in [5.41, 5.74) is 8.74. The molecule has 1 saturated heterocycles. The van der Waals surface area contributed by atoms with Crippen molar-refractivity contribution in [3.05, 3.63) is 82.6 Å². The summed E-state index contributed by atoms with van der Waals surface area (Å²) in [6, 6.07) is 13.1. The molecule has 5 aromatic rings. The molecule has 204 valence electrons. The highest BCUT2D eigenvalue weighted by molar-refractivity contribution is 7.09. The number of benzene rings is 1. The van der Waals surface area contributed by atoms with Gasteiger partial charge in [0.2, 0.25) is 5.95 Å². The number of hydrogen-bond acceptors (Lipinski definition) is 8. The summed E-state index contributed by atoms with van der Waals surface area (Å²) in [5.74, 6) is -0.602. The lowest BCUT2D eigenvalue weighted by Crippen LogP contribution is -2.49. The number of ether oxygens (including phenoxy) is 1.